The molecule has 2 aromatic heterocycles. The van der Waals surface area contributed by atoms with Gasteiger partial charge in [0.15, 0.2) is 0 Å². The predicted octanol–water partition coefficient (Wildman–Crippen LogP) is 4.10. The van der Waals surface area contributed by atoms with Crippen molar-refractivity contribution in [2.45, 2.75) is 46.1 Å². The molecule has 3 aromatic rings. The van der Waals surface area contributed by atoms with E-state index in [0.717, 1.165) is 49.3 Å². The maximum atomic E-state index is 12.9. The first-order valence-electron chi connectivity index (χ1n) is 10.9. The van der Waals surface area contributed by atoms with E-state index in [1.54, 1.807) is 13.1 Å². The van der Waals surface area contributed by atoms with Crippen molar-refractivity contribution < 1.29 is 9.32 Å². The molecular formula is C24H29N5O2. The number of hydrogen-bond acceptors (Lipinski definition) is 6. The Hall–Kier alpha value is -3.22. The lowest BCUT2D eigenvalue weighted by atomic mass is 9.94. The topological polar surface area (TPSA) is 84.2 Å². The van der Waals surface area contributed by atoms with Gasteiger partial charge in [-0.1, -0.05) is 36.3 Å². The minimum atomic E-state index is 0.000285. The van der Waals surface area contributed by atoms with Crippen LogP contribution in [0.2, 0.25) is 0 Å². The third-order valence-electron chi connectivity index (χ3n) is 5.97. The van der Waals surface area contributed by atoms with Crippen LogP contribution in [-0.2, 0) is 11.2 Å². The first-order valence-corrected chi connectivity index (χ1v) is 10.9. The van der Waals surface area contributed by atoms with Gasteiger partial charge in [-0.05, 0) is 49.4 Å². The molecule has 1 aromatic carbocycles. The Morgan fingerprint density at radius 2 is 1.97 bits per heavy atom. The van der Waals surface area contributed by atoms with E-state index in [1.807, 2.05) is 19.1 Å². The van der Waals surface area contributed by atoms with Gasteiger partial charge < -0.3 is 14.7 Å². The molecule has 3 heterocycles. The number of carbonyl (C=O) groups is 1. The summed E-state index contributed by atoms with van der Waals surface area (Å²) in [7, 11) is 0. The van der Waals surface area contributed by atoms with E-state index in [9.17, 15) is 4.79 Å². The summed E-state index contributed by atoms with van der Waals surface area (Å²) < 4.78 is 5.14. The van der Waals surface area contributed by atoms with Crippen molar-refractivity contribution in [3.8, 4) is 11.4 Å². The number of anilines is 1. The molecular weight excluding hydrogens is 390 g/mol. The van der Waals surface area contributed by atoms with Crippen LogP contribution >= 0.6 is 0 Å². The molecule has 1 aliphatic heterocycles. The molecule has 1 aliphatic rings. The molecule has 1 unspecified atom stereocenters. The van der Waals surface area contributed by atoms with Crippen molar-refractivity contribution in [2.24, 2.45) is 5.92 Å². The zero-order valence-electron chi connectivity index (χ0n) is 18.3. The fourth-order valence-electron chi connectivity index (χ4n) is 4.04. The molecule has 1 saturated heterocycles. The summed E-state index contributed by atoms with van der Waals surface area (Å²) in [5.41, 5.74) is 3.29. The molecule has 1 N–H and O–H groups in total. The highest BCUT2D eigenvalue weighted by Crippen LogP contribution is 2.30. The van der Waals surface area contributed by atoms with Crippen LogP contribution in [0.5, 0.6) is 0 Å². The smallest absolute Gasteiger partial charge is 0.223 e. The molecule has 0 radical (unpaired) electrons. The first kappa shape index (κ1) is 21.0. The van der Waals surface area contributed by atoms with Crippen molar-refractivity contribution in [3.63, 3.8) is 0 Å². The van der Waals surface area contributed by atoms with E-state index >= 15 is 0 Å². The van der Waals surface area contributed by atoms with E-state index in [0.29, 0.717) is 11.7 Å². The second-order valence-electron chi connectivity index (χ2n) is 8.10. The van der Waals surface area contributed by atoms with Crippen LogP contribution in [0.15, 0.2) is 47.1 Å². The third kappa shape index (κ3) is 4.76. The number of pyridine rings is 1. The maximum Gasteiger partial charge on any atom is 0.223 e. The molecule has 0 spiro atoms. The number of aryl methyl sites for hydroxylation is 2. The number of piperidine rings is 1. The highest BCUT2D eigenvalue weighted by atomic mass is 16.5. The lowest BCUT2D eigenvalue weighted by Gasteiger charge is -2.33. The van der Waals surface area contributed by atoms with Crippen molar-refractivity contribution in [3.05, 3.63) is 59.6 Å². The number of nitrogens with one attached hydrogen (secondary N) is 1. The predicted molar refractivity (Wildman–Crippen MR) is 120 cm³/mol. The average Bonchev–Trinajstić information content (AvgIpc) is 3.25. The molecule has 0 aliphatic carbocycles. The summed E-state index contributed by atoms with van der Waals surface area (Å²) in [5, 5.41) is 7.23. The Morgan fingerprint density at radius 3 is 2.61 bits per heavy atom. The van der Waals surface area contributed by atoms with Gasteiger partial charge in [-0.3, -0.25) is 4.79 Å². The molecule has 31 heavy (non-hydrogen) atoms. The Balaban J connectivity index is 1.37. The summed E-state index contributed by atoms with van der Waals surface area (Å²) in [6.45, 7) is 7.48. The van der Waals surface area contributed by atoms with Gasteiger partial charge in [-0.2, -0.15) is 4.98 Å². The van der Waals surface area contributed by atoms with Crippen molar-refractivity contribution in [1.29, 1.82) is 0 Å². The maximum absolute atomic E-state index is 12.9. The number of aromatic nitrogens is 3. The zero-order chi connectivity index (χ0) is 21.8. The molecule has 1 fully saturated rings. The average molecular weight is 420 g/mol. The number of hydrogen-bond donors (Lipinski definition) is 1. The summed E-state index contributed by atoms with van der Waals surface area (Å²) >= 11 is 0. The minimum absolute atomic E-state index is 0.000285. The monoisotopic (exact) mass is 419 g/mol. The van der Waals surface area contributed by atoms with Gasteiger partial charge in [0.1, 0.15) is 5.82 Å². The second kappa shape index (κ2) is 9.29. The quantitative estimate of drug-likeness (QED) is 0.648. The normalized spacial score (nSPS) is 15.6. The van der Waals surface area contributed by atoms with Gasteiger partial charge in [0.2, 0.25) is 17.6 Å². The molecule has 1 atom stereocenters. The third-order valence-corrected chi connectivity index (χ3v) is 5.97. The Kier molecular flexibility index (Phi) is 6.30. The van der Waals surface area contributed by atoms with Gasteiger partial charge in [-0.15, -0.1) is 0 Å². The van der Waals surface area contributed by atoms with Gasteiger partial charge in [0.05, 0.1) is 11.6 Å². The lowest BCUT2D eigenvalue weighted by Crippen LogP contribution is -2.41. The van der Waals surface area contributed by atoms with Crippen LogP contribution in [0.4, 0.5) is 5.82 Å². The van der Waals surface area contributed by atoms with Crippen molar-refractivity contribution in [1.82, 2.24) is 20.4 Å². The van der Waals surface area contributed by atoms with Crippen LogP contribution in [0, 0.1) is 12.8 Å². The van der Waals surface area contributed by atoms with E-state index in [4.69, 9.17) is 4.52 Å². The van der Waals surface area contributed by atoms with Crippen LogP contribution in [0.1, 0.15) is 49.7 Å². The summed E-state index contributed by atoms with van der Waals surface area (Å²) in [6.07, 6.45) is 4.36. The van der Waals surface area contributed by atoms with Crippen molar-refractivity contribution >= 4 is 11.7 Å². The first-order chi connectivity index (χ1) is 15.0. The van der Waals surface area contributed by atoms with Crippen LogP contribution < -0.4 is 10.2 Å². The molecule has 7 heteroatoms. The number of nitrogens with zero attached hydrogens (tertiary/aromatic N) is 4. The number of benzene rings is 1. The number of amides is 1. The van der Waals surface area contributed by atoms with Gasteiger partial charge in [0.25, 0.3) is 0 Å². The fraction of sp³-hybridized carbons (Fsp3) is 0.417. The fourth-order valence-corrected chi connectivity index (χ4v) is 4.04. The number of rotatable bonds is 6. The van der Waals surface area contributed by atoms with Crippen LogP contribution in [0.3, 0.4) is 0 Å². The van der Waals surface area contributed by atoms with Gasteiger partial charge in [0, 0.05) is 32.1 Å². The zero-order valence-corrected chi connectivity index (χ0v) is 18.3. The molecule has 4 rings (SSSR count). The van der Waals surface area contributed by atoms with Crippen LogP contribution in [0.25, 0.3) is 11.4 Å². The lowest BCUT2D eigenvalue weighted by molar-refractivity contribution is -0.126. The molecule has 162 valence electrons. The Labute approximate surface area is 182 Å². The summed E-state index contributed by atoms with van der Waals surface area (Å²) in [4.78, 5) is 24.0. The van der Waals surface area contributed by atoms with E-state index in [-0.39, 0.29) is 17.9 Å². The molecule has 0 bridgehead atoms. The minimum Gasteiger partial charge on any atom is -0.356 e. The van der Waals surface area contributed by atoms with Gasteiger partial charge >= 0.3 is 0 Å². The largest absolute Gasteiger partial charge is 0.356 e. The molecule has 0 saturated carbocycles. The highest BCUT2D eigenvalue weighted by molar-refractivity contribution is 5.79. The molecule has 1 amide bonds. The summed E-state index contributed by atoms with van der Waals surface area (Å²) in [5.74, 6) is 2.04. The SMILES string of the molecule is CCc1ccc(C(C)NC(=O)C2CCN(c3ncccc3-c3noc(C)n3)CC2)cc1. The highest BCUT2D eigenvalue weighted by Gasteiger charge is 2.28. The second-order valence-corrected chi connectivity index (χ2v) is 8.10. The van der Waals surface area contributed by atoms with Gasteiger partial charge in [-0.25, -0.2) is 4.98 Å². The standard InChI is InChI=1S/C24H29N5O2/c1-4-18-7-9-19(10-8-18)16(2)26-24(30)20-11-14-29(15-12-20)23-21(6-5-13-25-23)22-27-17(3)31-28-22/h5-10,13,16,20H,4,11-12,14-15H2,1-3H3,(H,26,30). The van der Waals surface area contributed by atoms with E-state index in [1.165, 1.54) is 5.56 Å². The molecule has 7 nitrogen and oxygen atoms in total. The number of carbonyl (C=O) groups excluding carboxylic acids is 1. The van der Waals surface area contributed by atoms with Crippen LogP contribution in [-0.4, -0.2) is 34.1 Å². The Bertz CT molecular complexity index is 1020. The van der Waals surface area contributed by atoms with Crippen molar-refractivity contribution in [2.75, 3.05) is 18.0 Å². The van der Waals surface area contributed by atoms with E-state index in [2.05, 4.69) is 56.5 Å². The van der Waals surface area contributed by atoms with E-state index < -0.39 is 0 Å². The summed E-state index contributed by atoms with van der Waals surface area (Å²) in [6, 6.07) is 12.3. The Morgan fingerprint density at radius 1 is 1.23 bits per heavy atom.